The molecule has 1 N–H and O–H groups in total. The number of likely N-dealkylation sites (N-methyl/N-ethyl adjacent to an activating group) is 1. The number of piperidine rings is 1. The Bertz CT molecular complexity index is 522. The maximum atomic E-state index is 5.50. The molecule has 0 aromatic heterocycles. The van der Waals surface area contributed by atoms with Gasteiger partial charge in [0.2, 0.25) is 0 Å². The number of anilines is 2. The van der Waals surface area contributed by atoms with Crippen molar-refractivity contribution in [2.24, 2.45) is 0 Å². The molecule has 0 aliphatic carbocycles. The summed E-state index contributed by atoms with van der Waals surface area (Å²) < 4.78 is 5.50. The zero-order chi connectivity index (χ0) is 13.0. The minimum atomic E-state index is 0. The Morgan fingerprint density at radius 1 is 1.30 bits per heavy atom. The number of hydrogen-bond acceptors (Lipinski definition) is 4. The molecule has 0 spiro atoms. The highest BCUT2D eigenvalue weighted by molar-refractivity contribution is 5.85. The predicted molar refractivity (Wildman–Crippen MR) is 84.9 cm³/mol. The molecule has 110 valence electrons. The van der Waals surface area contributed by atoms with Crippen LogP contribution in [-0.4, -0.2) is 46.4 Å². The Morgan fingerprint density at radius 2 is 2.15 bits per heavy atom. The number of halogens is 1. The molecule has 0 saturated carbocycles. The van der Waals surface area contributed by atoms with Gasteiger partial charge in [-0.05, 0) is 24.6 Å². The largest absolute Gasteiger partial charge is 0.497 e. The zero-order valence-corrected chi connectivity index (χ0v) is 12.9. The molecule has 1 saturated heterocycles. The molecule has 3 heterocycles. The van der Waals surface area contributed by atoms with E-state index in [2.05, 4.69) is 34.3 Å². The maximum Gasteiger partial charge on any atom is 0.121 e. The molecular weight excluding hydrogens is 274 g/mol. The number of ether oxygens (including phenoxy) is 1. The predicted octanol–water partition coefficient (Wildman–Crippen LogP) is 1.83. The van der Waals surface area contributed by atoms with E-state index >= 15 is 0 Å². The van der Waals surface area contributed by atoms with Crippen molar-refractivity contribution in [3.8, 4) is 5.75 Å². The first-order chi connectivity index (χ1) is 9.29. The lowest BCUT2D eigenvalue weighted by molar-refractivity contribution is 0.399. The lowest BCUT2D eigenvalue weighted by Gasteiger charge is -2.39. The molecule has 4 nitrogen and oxygen atoms in total. The van der Waals surface area contributed by atoms with Crippen LogP contribution in [0.5, 0.6) is 5.75 Å². The second kappa shape index (κ2) is 5.01. The van der Waals surface area contributed by atoms with E-state index < -0.39 is 0 Å². The van der Waals surface area contributed by atoms with E-state index in [0.717, 1.165) is 31.9 Å². The van der Waals surface area contributed by atoms with Crippen LogP contribution in [0.25, 0.3) is 0 Å². The number of nitrogens with one attached hydrogen (secondary N) is 1. The van der Waals surface area contributed by atoms with Crippen LogP contribution in [0.2, 0.25) is 0 Å². The third-order valence-electron chi connectivity index (χ3n) is 4.95. The van der Waals surface area contributed by atoms with Crippen molar-refractivity contribution in [3.63, 3.8) is 0 Å². The van der Waals surface area contributed by atoms with Gasteiger partial charge in [0.05, 0.1) is 18.5 Å². The number of fused-ring (bicyclic) bond motifs is 3. The highest BCUT2D eigenvalue weighted by Crippen LogP contribution is 2.51. The van der Waals surface area contributed by atoms with Crippen LogP contribution < -0.4 is 19.9 Å². The first-order valence-electron chi connectivity index (χ1n) is 7.20. The lowest BCUT2D eigenvalue weighted by Crippen LogP contribution is -2.48. The number of benzene rings is 1. The average Bonchev–Trinajstić information content (AvgIpc) is 2.78. The van der Waals surface area contributed by atoms with Gasteiger partial charge >= 0.3 is 0 Å². The standard InChI is InChI=1S/C15H21N3O.ClH/c1-17-5-6-18-13-3-4-16-9-12(13)11-7-10(19-2)8-14(17)15(11)18;/h7-8,12-13,16H,3-6,9H2,1-2H3;1H/t12-,13+;/m0./s1. The molecule has 1 aromatic carbocycles. The Morgan fingerprint density at radius 3 is 2.95 bits per heavy atom. The lowest BCUT2D eigenvalue weighted by atomic mass is 9.90. The van der Waals surface area contributed by atoms with Gasteiger partial charge in [0.25, 0.3) is 0 Å². The van der Waals surface area contributed by atoms with Gasteiger partial charge < -0.3 is 19.9 Å². The molecule has 3 aliphatic heterocycles. The van der Waals surface area contributed by atoms with E-state index in [9.17, 15) is 0 Å². The van der Waals surface area contributed by atoms with Crippen molar-refractivity contribution in [3.05, 3.63) is 17.7 Å². The third kappa shape index (κ3) is 1.78. The average molecular weight is 296 g/mol. The maximum absolute atomic E-state index is 5.50. The van der Waals surface area contributed by atoms with Gasteiger partial charge in [-0.1, -0.05) is 0 Å². The van der Waals surface area contributed by atoms with Crippen LogP contribution >= 0.6 is 12.4 Å². The summed E-state index contributed by atoms with van der Waals surface area (Å²) in [6.45, 7) is 4.51. The second-order valence-corrected chi connectivity index (χ2v) is 5.87. The van der Waals surface area contributed by atoms with E-state index in [1.54, 1.807) is 7.11 Å². The van der Waals surface area contributed by atoms with Gasteiger partial charge in [-0.25, -0.2) is 0 Å². The molecule has 2 atom stereocenters. The molecule has 1 aromatic rings. The quantitative estimate of drug-likeness (QED) is 0.855. The molecular formula is C15H22ClN3O. The summed E-state index contributed by atoms with van der Waals surface area (Å²) in [7, 11) is 3.95. The Balaban J connectivity index is 0.00000121. The van der Waals surface area contributed by atoms with Crippen LogP contribution in [0.15, 0.2) is 12.1 Å². The minimum absolute atomic E-state index is 0. The molecule has 0 radical (unpaired) electrons. The van der Waals surface area contributed by atoms with Gasteiger partial charge in [0, 0.05) is 44.7 Å². The fraction of sp³-hybridized carbons (Fsp3) is 0.600. The number of rotatable bonds is 1. The van der Waals surface area contributed by atoms with Gasteiger partial charge in [-0.15, -0.1) is 12.4 Å². The summed E-state index contributed by atoms with van der Waals surface area (Å²) in [6, 6.07) is 5.13. The summed E-state index contributed by atoms with van der Waals surface area (Å²) in [4.78, 5) is 5.01. The van der Waals surface area contributed by atoms with Crippen LogP contribution in [0.1, 0.15) is 17.9 Å². The first kappa shape index (κ1) is 13.8. The van der Waals surface area contributed by atoms with Crippen molar-refractivity contribution in [2.45, 2.75) is 18.4 Å². The number of hydrogen-bond donors (Lipinski definition) is 1. The summed E-state index contributed by atoms with van der Waals surface area (Å²) in [5, 5.41) is 3.55. The molecule has 0 bridgehead atoms. The highest BCUT2D eigenvalue weighted by atomic mass is 35.5. The van der Waals surface area contributed by atoms with E-state index in [-0.39, 0.29) is 12.4 Å². The van der Waals surface area contributed by atoms with Gasteiger partial charge in [0.15, 0.2) is 0 Å². The minimum Gasteiger partial charge on any atom is -0.497 e. The van der Waals surface area contributed by atoms with E-state index in [4.69, 9.17) is 4.74 Å². The van der Waals surface area contributed by atoms with Crippen LogP contribution in [0.3, 0.4) is 0 Å². The summed E-state index contributed by atoms with van der Waals surface area (Å²) >= 11 is 0. The molecule has 0 amide bonds. The fourth-order valence-electron chi connectivity index (χ4n) is 3.98. The van der Waals surface area contributed by atoms with Crippen LogP contribution in [-0.2, 0) is 0 Å². The molecule has 5 heteroatoms. The molecule has 20 heavy (non-hydrogen) atoms. The topological polar surface area (TPSA) is 27.7 Å². The molecule has 3 aliphatic rings. The SMILES string of the molecule is COc1cc2c3c(c1)N(C)CCN3[C@@H]1CCNC[C@@H]21.Cl. The van der Waals surface area contributed by atoms with Crippen LogP contribution in [0, 0.1) is 0 Å². The number of nitrogens with zero attached hydrogens (tertiary/aromatic N) is 2. The monoisotopic (exact) mass is 295 g/mol. The first-order valence-corrected chi connectivity index (χ1v) is 7.20. The highest BCUT2D eigenvalue weighted by Gasteiger charge is 2.43. The third-order valence-corrected chi connectivity index (χ3v) is 4.95. The zero-order valence-electron chi connectivity index (χ0n) is 12.1. The summed E-state index contributed by atoms with van der Waals surface area (Å²) in [5.41, 5.74) is 4.29. The van der Waals surface area contributed by atoms with Gasteiger partial charge in [-0.2, -0.15) is 0 Å². The van der Waals surface area contributed by atoms with Crippen molar-refractivity contribution >= 4 is 23.8 Å². The molecule has 4 rings (SSSR count). The van der Waals surface area contributed by atoms with Crippen molar-refractivity contribution in [1.82, 2.24) is 5.32 Å². The normalized spacial score (nSPS) is 26.7. The van der Waals surface area contributed by atoms with Crippen molar-refractivity contribution in [1.29, 1.82) is 0 Å². The Kier molecular flexibility index (Phi) is 3.46. The van der Waals surface area contributed by atoms with Gasteiger partial charge in [-0.3, -0.25) is 0 Å². The van der Waals surface area contributed by atoms with Crippen LogP contribution in [0.4, 0.5) is 11.4 Å². The summed E-state index contributed by atoms with van der Waals surface area (Å²) in [6.07, 6.45) is 1.25. The number of methoxy groups -OCH3 is 1. The Labute approximate surface area is 126 Å². The summed E-state index contributed by atoms with van der Waals surface area (Å²) in [5.74, 6) is 1.62. The van der Waals surface area contributed by atoms with E-state index in [1.807, 2.05) is 0 Å². The molecule has 1 fully saturated rings. The van der Waals surface area contributed by atoms with E-state index in [0.29, 0.717) is 12.0 Å². The molecule has 0 unspecified atom stereocenters. The van der Waals surface area contributed by atoms with Crippen molar-refractivity contribution < 1.29 is 4.74 Å². The smallest absolute Gasteiger partial charge is 0.121 e. The Hall–Kier alpha value is -1.13. The van der Waals surface area contributed by atoms with E-state index in [1.165, 1.54) is 23.4 Å². The van der Waals surface area contributed by atoms with Crippen molar-refractivity contribution in [2.75, 3.05) is 50.1 Å². The van der Waals surface area contributed by atoms with Gasteiger partial charge in [0.1, 0.15) is 5.75 Å². The fourth-order valence-corrected chi connectivity index (χ4v) is 3.98. The second-order valence-electron chi connectivity index (χ2n) is 5.87.